The average molecular weight is 410 g/mol. The van der Waals surface area contributed by atoms with Gasteiger partial charge in [-0.2, -0.15) is 0 Å². The number of carbonyl (C=O) groups excluding carboxylic acids is 3. The van der Waals surface area contributed by atoms with Crippen molar-refractivity contribution in [3.8, 4) is 0 Å². The Bertz CT molecular complexity index is 897. The normalized spacial score (nSPS) is 14.6. The van der Waals surface area contributed by atoms with Crippen molar-refractivity contribution in [2.75, 3.05) is 41.7 Å². The lowest BCUT2D eigenvalue weighted by Crippen LogP contribution is -2.54. The number of carbonyl (C=O) groups is 3. The third kappa shape index (κ3) is 5.69. The molecule has 0 saturated carbocycles. The smallest absolute Gasteiger partial charge is 0.318 e. The van der Waals surface area contributed by atoms with Crippen molar-refractivity contribution in [2.45, 2.75) is 19.9 Å². The predicted molar refractivity (Wildman–Crippen MR) is 115 cm³/mol. The van der Waals surface area contributed by atoms with Crippen molar-refractivity contribution in [1.29, 1.82) is 0 Å². The van der Waals surface area contributed by atoms with Crippen LogP contribution in [0.25, 0.3) is 0 Å². The van der Waals surface area contributed by atoms with Gasteiger partial charge in [0.2, 0.25) is 11.8 Å². The molecule has 0 radical (unpaired) electrons. The predicted octanol–water partition coefficient (Wildman–Crippen LogP) is 1.90. The largest absolute Gasteiger partial charge is 0.353 e. The summed E-state index contributed by atoms with van der Waals surface area (Å²) in [5.41, 5.74) is 1.12. The highest BCUT2D eigenvalue weighted by molar-refractivity contribution is 5.97. The number of hydrogen-bond acceptors (Lipinski definition) is 5. The number of rotatable bonds is 5. The highest BCUT2D eigenvalue weighted by Gasteiger charge is 2.24. The van der Waals surface area contributed by atoms with Gasteiger partial charge in [0.05, 0.1) is 0 Å². The van der Waals surface area contributed by atoms with Crippen LogP contribution in [-0.2, 0) is 9.59 Å². The number of piperazine rings is 1. The van der Waals surface area contributed by atoms with Crippen LogP contribution in [-0.4, -0.2) is 60.0 Å². The third-order valence-electron chi connectivity index (χ3n) is 4.72. The van der Waals surface area contributed by atoms with Crippen LogP contribution in [0.2, 0.25) is 0 Å². The molecule has 158 valence electrons. The van der Waals surface area contributed by atoms with Gasteiger partial charge in [-0.15, -0.1) is 0 Å². The summed E-state index contributed by atoms with van der Waals surface area (Å²) < 4.78 is 0. The summed E-state index contributed by atoms with van der Waals surface area (Å²) in [6, 6.07) is 11.6. The molecule has 1 saturated heterocycles. The van der Waals surface area contributed by atoms with E-state index in [0.717, 1.165) is 5.82 Å². The molecule has 30 heavy (non-hydrogen) atoms. The zero-order valence-electron chi connectivity index (χ0n) is 17.1. The fraction of sp³-hybridized carbons (Fsp3) is 0.333. The van der Waals surface area contributed by atoms with Crippen molar-refractivity contribution < 1.29 is 14.4 Å². The molecule has 0 bridgehead atoms. The fourth-order valence-electron chi connectivity index (χ4n) is 3.15. The van der Waals surface area contributed by atoms with Crippen LogP contribution in [0.5, 0.6) is 0 Å². The van der Waals surface area contributed by atoms with E-state index in [1.165, 1.54) is 6.92 Å². The van der Waals surface area contributed by atoms with Gasteiger partial charge in [-0.05, 0) is 37.3 Å². The molecule has 3 N–H and O–H groups in total. The van der Waals surface area contributed by atoms with E-state index in [9.17, 15) is 14.4 Å². The lowest BCUT2D eigenvalue weighted by atomic mass is 10.2. The molecular weight excluding hydrogens is 384 g/mol. The van der Waals surface area contributed by atoms with E-state index >= 15 is 0 Å². The SMILES string of the molecule is CC(=O)Nc1cccc(NC(=O)[C@H](C)NC(=O)N2CCN(c3ccccn3)CC2)c1. The number of benzene rings is 1. The molecule has 1 aromatic carbocycles. The van der Waals surface area contributed by atoms with E-state index in [2.05, 4.69) is 25.8 Å². The van der Waals surface area contributed by atoms with Crippen molar-refractivity contribution in [2.24, 2.45) is 0 Å². The van der Waals surface area contributed by atoms with Gasteiger partial charge in [-0.25, -0.2) is 9.78 Å². The molecule has 0 spiro atoms. The number of hydrogen-bond donors (Lipinski definition) is 3. The Hall–Kier alpha value is -3.62. The number of aromatic nitrogens is 1. The lowest BCUT2D eigenvalue weighted by molar-refractivity contribution is -0.117. The van der Waals surface area contributed by atoms with Gasteiger partial charge < -0.3 is 25.8 Å². The number of anilines is 3. The number of amides is 4. The van der Waals surface area contributed by atoms with Gasteiger partial charge in [0.15, 0.2) is 0 Å². The van der Waals surface area contributed by atoms with Gasteiger partial charge in [0.1, 0.15) is 11.9 Å². The fourth-order valence-corrected chi connectivity index (χ4v) is 3.15. The minimum Gasteiger partial charge on any atom is -0.353 e. The van der Waals surface area contributed by atoms with Crippen LogP contribution in [0.1, 0.15) is 13.8 Å². The van der Waals surface area contributed by atoms with Crippen molar-refractivity contribution in [3.63, 3.8) is 0 Å². The maximum absolute atomic E-state index is 12.5. The Kier molecular flexibility index (Phi) is 6.84. The third-order valence-corrected chi connectivity index (χ3v) is 4.72. The van der Waals surface area contributed by atoms with Gasteiger partial charge >= 0.3 is 6.03 Å². The Morgan fingerprint density at radius 2 is 1.67 bits per heavy atom. The summed E-state index contributed by atoms with van der Waals surface area (Å²) in [5, 5.41) is 8.16. The van der Waals surface area contributed by atoms with E-state index in [-0.39, 0.29) is 17.8 Å². The number of pyridine rings is 1. The average Bonchev–Trinajstić information content (AvgIpc) is 2.74. The molecule has 1 atom stereocenters. The molecule has 9 nitrogen and oxygen atoms in total. The summed E-state index contributed by atoms with van der Waals surface area (Å²) in [6.45, 7) is 5.51. The van der Waals surface area contributed by atoms with E-state index in [1.807, 2.05) is 18.2 Å². The van der Waals surface area contributed by atoms with Gasteiger partial charge in [0, 0.05) is 50.7 Å². The van der Waals surface area contributed by atoms with Crippen LogP contribution in [0, 0.1) is 0 Å². The van der Waals surface area contributed by atoms with Crippen LogP contribution in [0.4, 0.5) is 22.0 Å². The first-order valence-corrected chi connectivity index (χ1v) is 9.82. The van der Waals surface area contributed by atoms with Gasteiger partial charge in [0.25, 0.3) is 0 Å². The van der Waals surface area contributed by atoms with Gasteiger partial charge in [-0.3, -0.25) is 9.59 Å². The van der Waals surface area contributed by atoms with Crippen molar-refractivity contribution >= 4 is 35.0 Å². The first kappa shape index (κ1) is 21.1. The number of nitrogens with one attached hydrogen (secondary N) is 3. The Morgan fingerprint density at radius 1 is 0.967 bits per heavy atom. The standard InChI is InChI=1S/C21H26N6O3/c1-15(20(29)25-18-7-5-6-17(14-18)24-16(2)28)23-21(30)27-12-10-26(11-13-27)19-8-3-4-9-22-19/h3-9,14-15H,10-13H2,1-2H3,(H,23,30)(H,24,28)(H,25,29)/t15-/m0/s1. The van der Waals surface area contributed by atoms with Crippen LogP contribution < -0.4 is 20.9 Å². The highest BCUT2D eigenvalue weighted by Crippen LogP contribution is 2.16. The maximum Gasteiger partial charge on any atom is 0.318 e. The summed E-state index contributed by atoms with van der Waals surface area (Å²) in [5.74, 6) is 0.365. The van der Waals surface area contributed by atoms with Crippen molar-refractivity contribution in [1.82, 2.24) is 15.2 Å². The molecule has 1 aliphatic heterocycles. The molecule has 0 aliphatic carbocycles. The van der Waals surface area contributed by atoms with E-state index in [1.54, 1.807) is 42.3 Å². The van der Waals surface area contributed by atoms with Gasteiger partial charge in [-0.1, -0.05) is 12.1 Å². The zero-order valence-corrected chi connectivity index (χ0v) is 17.1. The van der Waals surface area contributed by atoms with E-state index in [0.29, 0.717) is 37.6 Å². The van der Waals surface area contributed by atoms with Crippen LogP contribution >= 0.6 is 0 Å². The second-order valence-electron chi connectivity index (χ2n) is 7.08. The summed E-state index contributed by atoms with van der Waals surface area (Å²) >= 11 is 0. The molecule has 3 rings (SSSR count). The highest BCUT2D eigenvalue weighted by atomic mass is 16.2. The summed E-state index contributed by atoms with van der Waals surface area (Å²) in [4.78, 5) is 44.3. The monoisotopic (exact) mass is 410 g/mol. The number of nitrogens with zero attached hydrogens (tertiary/aromatic N) is 3. The minimum absolute atomic E-state index is 0.192. The lowest BCUT2D eigenvalue weighted by Gasteiger charge is -2.35. The molecular formula is C21H26N6O3. The van der Waals surface area contributed by atoms with E-state index in [4.69, 9.17) is 0 Å². The second kappa shape index (κ2) is 9.73. The molecule has 2 heterocycles. The van der Waals surface area contributed by atoms with Crippen LogP contribution in [0.3, 0.4) is 0 Å². The quantitative estimate of drug-likeness (QED) is 0.698. The minimum atomic E-state index is -0.712. The van der Waals surface area contributed by atoms with Crippen LogP contribution in [0.15, 0.2) is 48.7 Å². The molecule has 9 heteroatoms. The Labute approximate surface area is 175 Å². The second-order valence-corrected chi connectivity index (χ2v) is 7.08. The van der Waals surface area contributed by atoms with E-state index < -0.39 is 6.04 Å². The first-order valence-electron chi connectivity index (χ1n) is 9.82. The summed E-state index contributed by atoms with van der Waals surface area (Å²) in [7, 11) is 0. The molecule has 0 unspecified atom stereocenters. The zero-order chi connectivity index (χ0) is 21.5. The summed E-state index contributed by atoms with van der Waals surface area (Å²) in [6.07, 6.45) is 1.75. The molecule has 1 fully saturated rings. The van der Waals surface area contributed by atoms with Crippen molar-refractivity contribution in [3.05, 3.63) is 48.7 Å². The molecule has 1 aliphatic rings. The maximum atomic E-state index is 12.5. The Balaban J connectivity index is 1.48. The number of urea groups is 1. The molecule has 2 aromatic rings. The Morgan fingerprint density at radius 3 is 2.30 bits per heavy atom. The molecule has 1 aromatic heterocycles. The molecule has 4 amide bonds. The first-order chi connectivity index (χ1) is 14.4. The topological polar surface area (TPSA) is 107 Å².